The molecule has 4 heteroatoms. The van der Waals surface area contributed by atoms with E-state index in [9.17, 15) is 0 Å². The lowest BCUT2D eigenvalue weighted by molar-refractivity contribution is -0.150. The van der Waals surface area contributed by atoms with Crippen molar-refractivity contribution in [3.05, 3.63) is 0 Å². The summed E-state index contributed by atoms with van der Waals surface area (Å²) < 4.78 is 22.9. The second kappa shape index (κ2) is 6.29. The number of fused-ring (bicyclic) bond motifs is 2. The van der Waals surface area contributed by atoms with Gasteiger partial charge in [-0.15, -0.1) is 0 Å². The lowest BCUT2D eigenvalue weighted by Crippen LogP contribution is -2.45. The first kappa shape index (κ1) is 16.3. The number of rotatable bonds is 8. The Morgan fingerprint density at radius 1 is 0.783 bits per heavy atom. The first-order valence-corrected chi connectivity index (χ1v) is 9.38. The van der Waals surface area contributed by atoms with E-state index < -0.39 is 0 Å². The molecule has 2 saturated heterocycles. The number of hydrogen-bond donors (Lipinski definition) is 0. The van der Waals surface area contributed by atoms with Crippen molar-refractivity contribution in [2.24, 2.45) is 34.5 Å². The van der Waals surface area contributed by atoms with E-state index in [2.05, 4.69) is 13.8 Å². The fourth-order valence-corrected chi connectivity index (χ4v) is 5.00. The van der Waals surface area contributed by atoms with Gasteiger partial charge in [0, 0.05) is 10.8 Å². The second-order valence-corrected chi connectivity index (χ2v) is 9.30. The van der Waals surface area contributed by atoms with Crippen molar-refractivity contribution in [3.63, 3.8) is 0 Å². The summed E-state index contributed by atoms with van der Waals surface area (Å²) in [6.07, 6.45) is 4.21. The Morgan fingerprint density at radius 2 is 1.22 bits per heavy atom. The average Bonchev–Trinajstić information content (AvgIpc) is 3.06. The van der Waals surface area contributed by atoms with Crippen molar-refractivity contribution >= 4 is 0 Å². The van der Waals surface area contributed by atoms with Crippen LogP contribution in [0.2, 0.25) is 0 Å². The Hall–Kier alpha value is -0.160. The van der Waals surface area contributed by atoms with Crippen LogP contribution in [0.15, 0.2) is 0 Å². The zero-order chi connectivity index (χ0) is 15.9. The molecule has 4 rings (SSSR count). The zero-order valence-corrected chi connectivity index (χ0v) is 14.7. The van der Waals surface area contributed by atoms with Gasteiger partial charge in [0.25, 0.3) is 0 Å². The Labute approximate surface area is 140 Å². The first-order valence-electron chi connectivity index (χ1n) is 9.38. The van der Waals surface area contributed by atoms with Gasteiger partial charge in [-0.05, 0) is 42.9 Å². The van der Waals surface area contributed by atoms with Crippen LogP contribution in [0.4, 0.5) is 0 Å². The molecule has 4 aliphatic rings. The highest BCUT2D eigenvalue weighted by atomic mass is 16.5. The molecule has 132 valence electrons. The molecule has 0 aromatic rings. The van der Waals surface area contributed by atoms with Gasteiger partial charge >= 0.3 is 0 Å². The number of ether oxygens (including phenoxy) is 4. The maximum Gasteiger partial charge on any atom is 0.0564 e. The first-order chi connectivity index (χ1) is 11.1. The third kappa shape index (κ3) is 3.33. The summed E-state index contributed by atoms with van der Waals surface area (Å²) in [6.45, 7) is 11.5. The Balaban J connectivity index is 1.24. The summed E-state index contributed by atoms with van der Waals surface area (Å²) in [5.74, 6) is 3.18. The lowest BCUT2D eigenvalue weighted by atomic mass is 9.80. The molecule has 0 radical (unpaired) electrons. The molecule has 0 spiro atoms. The summed E-state index contributed by atoms with van der Waals surface area (Å²) in [5, 5.41) is 0. The van der Waals surface area contributed by atoms with Crippen LogP contribution in [0.5, 0.6) is 0 Å². The number of hydrogen-bond acceptors (Lipinski definition) is 4. The second-order valence-electron chi connectivity index (χ2n) is 9.30. The van der Waals surface area contributed by atoms with E-state index in [4.69, 9.17) is 18.9 Å². The van der Waals surface area contributed by atoms with E-state index in [1.807, 2.05) is 0 Å². The molecule has 4 unspecified atom stereocenters. The van der Waals surface area contributed by atoms with E-state index in [-0.39, 0.29) is 10.8 Å². The molecule has 0 aromatic carbocycles. The van der Waals surface area contributed by atoms with Crippen molar-refractivity contribution in [2.45, 2.75) is 33.1 Å². The highest BCUT2D eigenvalue weighted by molar-refractivity contribution is 4.96. The van der Waals surface area contributed by atoms with Crippen molar-refractivity contribution in [1.82, 2.24) is 0 Å². The maximum atomic E-state index is 6.13. The summed E-state index contributed by atoms with van der Waals surface area (Å²) in [4.78, 5) is 0. The van der Waals surface area contributed by atoms with Crippen LogP contribution in [-0.4, -0.2) is 52.9 Å². The van der Waals surface area contributed by atoms with E-state index in [1.54, 1.807) is 0 Å². The third-order valence-corrected chi connectivity index (χ3v) is 6.60. The summed E-state index contributed by atoms with van der Waals surface area (Å²) in [7, 11) is 0. The van der Waals surface area contributed by atoms with Gasteiger partial charge in [0.15, 0.2) is 0 Å². The molecular weight excluding hydrogens is 292 g/mol. The van der Waals surface area contributed by atoms with Crippen molar-refractivity contribution < 1.29 is 18.9 Å². The predicted molar refractivity (Wildman–Crippen MR) is 87.3 cm³/mol. The van der Waals surface area contributed by atoms with Crippen molar-refractivity contribution in [2.75, 3.05) is 52.9 Å². The molecule has 4 fully saturated rings. The molecule has 0 amide bonds. The quantitative estimate of drug-likeness (QED) is 0.688. The Bertz CT molecular complexity index is 378. The highest BCUT2D eigenvalue weighted by Crippen LogP contribution is 2.52. The van der Waals surface area contributed by atoms with Gasteiger partial charge in [-0.25, -0.2) is 0 Å². The summed E-state index contributed by atoms with van der Waals surface area (Å²) in [5.41, 5.74) is 0.533. The minimum Gasteiger partial charge on any atom is -0.380 e. The minimum absolute atomic E-state index is 0.266. The molecule has 4 nitrogen and oxygen atoms in total. The normalized spacial score (nSPS) is 39.9. The maximum absolute atomic E-state index is 6.13. The van der Waals surface area contributed by atoms with Crippen molar-refractivity contribution in [3.8, 4) is 0 Å². The molecule has 4 atom stereocenters. The minimum atomic E-state index is 0.266. The van der Waals surface area contributed by atoms with Crippen molar-refractivity contribution in [1.29, 1.82) is 0 Å². The lowest BCUT2D eigenvalue weighted by Gasteiger charge is -2.39. The van der Waals surface area contributed by atoms with E-state index >= 15 is 0 Å². The van der Waals surface area contributed by atoms with Gasteiger partial charge in [-0.1, -0.05) is 13.8 Å². The van der Waals surface area contributed by atoms with Crippen LogP contribution in [-0.2, 0) is 18.9 Å². The van der Waals surface area contributed by atoms with Crippen LogP contribution in [0, 0.1) is 34.5 Å². The van der Waals surface area contributed by atoms with Crippen LogP contribution in [0.3, 0.4) is 0 Å². The molecule has 0 N–H and O–H groups in total. The van der Waals surface area contributed by atoms with Gasteiger partial charge in [-0.3, -0.25) is 0 Å². The summed E-state index contributed by atoms with van der Waals surface area (Å²) >= 11 is 0. The van der Waals surface area contributed by atoms with E-state index in [0.29, 0.717) is 11.8 Å². The molecule has 2 aliphatic carbocycles. The molecule has 0 aromatic heterocycles. The van der Waals surface area contributed by atoms with Gasteiger partial charge in [0.05, 0.1) is 52.9 Å². The fourth-order valence-electron chi connectivity index (χ4n) is 5.00. The van der Waals surface area contributed by atoms with E-state index in [1.165, 1.54) is 19.3 Å². The molecular formula is C19H32O4. The van der Waals surface area contributed by atoms with Crippen LogP contribution >= 0.6 is 0 Å². The van der Waals surface area contributed by atoms with Crippen LogP contribution < -0.4 is 0 Å². The molecule has 2 aliphatic heterocycles. The van der Waals surface area contributed by atoms with Gasteiger partial charge in [0.1, 0.15) is 0 Å². The van der Waals surface area contributed by atoms with Gasteiger partial charge in [-0.2, -0.15) is 0 Å². The van der Waals surface area contributed by atoms with Gasteiger partial charge < -0.3 is 18.9 Å². The van der Waals surface area contributed by atoms with Crippen LogP contribution in [0.1, 0.15) is 33.1 Å². The highest BCUT2D eigenvalue weighted by Gasteiger charge is 2.48. The molecule has 23 heavy (non-hydrogen) atoms. The standard InChI is InChI=1S/C19H32O4/c1-18(10-22-11-18)8-20-6-16-14-3-4-15(5-14)17(16)7-21-9-19(2)12-23-13-19/h14-17H,3-13H2,1-2H3. The molecule has 2 saturated carbocycles. The van der Waals surface area contributed by atoms with Gasteiger partial charge in [0.2, 0.25) is 0 Å². The Kier molecular flexibility index (Phi) is 4.46. The Morgan fingerprint density at radius 3 is 1.57 bits per heavy atom. The average molecular weight is 324 g/mol. The topological polar surface area (TPSA) is 36.9 Å². The SMILES string of the molecule is CC1(COCC2C3CCC(C3)C2COCC2(C)COC2)COC1. The predicted octanol–water partition coefficient (Wildman–Crippen LogP) is 2.75. The molecule has 2 bridgehead atoms. The zero-order valence-electron chi connectivity index (χ0n) is 14.7. The monoisotopic (exact) mass is 324 g/mol. The third-order valence-electron chi connectivity index (χ3n) is 6.60. The van der Waals surface area contributed by atoms with Crippen LogP contribution in [0.25, 0.3) is 0 Å². The largest absolute Gasteiger partial charge is 0.380 e. The molecule has 2 heterocycles. The van der Waals surface area contributed by atoms with E-state index in [0.717, 1.165) is 64.7 Å². The fraction of sp³-hybridized carbons (Fsp3) is 1.00. The smallest absolute Gasteiger partial charge is 0.0564 e. The summed E-state index contributed by atoms with van der Waals surface area (Å²) in [6, 6.07) is 0.